The van der Waals surface area contributed by atoms with Crippen LogP contribution >= 0.6 is 0 Å². The lowest BCUT2D eigenvalue weighted by molar-refractivity contribution is -0.174. The predicted octanol–water partition coefficient (Wildman–Crippen LogP) is 2.63. The van der Waals surface area contributed by atoms with Crippen molar-refractivity contribution in [1.82, 2.24) is 5.32 Å². The monoisotopic (exact) mass is 303 g/mol. The van der Waals surface area contributed by atoms with Gasteiger partial charge >= 0.3 is 12.1 Å². The molecule has 2 rings (SSSR count). The van der Waals surface area contributed by atoms with E-state index in [4.69, 9.17) is 4.74 Å². The van der Waals surface area contributed by atoms with E-state index >= 15 is 0 Å². The number of carbonyl (C=O) groups is 1. The second kappa shape index (κ2) is 5.55. The maximum Gasteiger partial charge on any atom is 0.471 e. The summed E-state index contributed by atoms with van der Waals surface area (Å²) in [5.74, 6) is -1.52. The van der Waals surface area contributed by atoms with Crippen LogP contribution in [0.4, 0.5) is 13.2 Å². The molecule has 7 heteroatoms. The van der Waals surface area contributed by atoms with Gasteiger partial charge < -0.3 is 15.2 Å². The van der Waals surface area contributed by atoms with E-state index in [-0.39, 0.29) is 12.5 Å². The van der Waals surface area contributed by atoms with Gasteiger partial charge in [-0.1, -0.05) is 6.07 Å². The van der Waals surface area contributed by atoms with Crippen LogP contribution in [0.1, 0.15) is 43.5 Å². The first-order valence-corrected chi connectivity index (χ1v) is 6.54. The molecule has 1 amide bonds. The van der Waals surface area contributed by atoms with Crippen molar-refractivity contribution >= 4 is 5.91 Å². The zero-order valence-electron chi connectivity index (χ0n) is 11.6. The molecule has 1 aliphatic rings. The Morgan fingerprint density at radius 1 is 1.38 bits per heavy atom. The number of benzene rings is 1. The van der Waals surface area contributed by atoms with Gasteiger partial charge in [0.05, 0.1) is 18.2 Å². The highest BCUT2D eigenvalue weighted by atomic mass is 19.4. The lowest BCUT2D eigenvalue weighted by atomic mass is 10.1. The summed E-state index contributed by atoms with van der Waals surface area (Å²) in [5, 5.41) is 11.8. The third-order valence-corrected chi connectivity index (χ3v) is 3.19. The van der Waals surface area contributed by atoms with Gasteiger partial charge in [0.15, 0.2) is 0 Å². The van der Waals surface area contributed by atoms with Crippen molar-refractivity contribution in [2.75, 3.05) is 0 Å². The second-order valence-electron chi connectivity index (χ2n) is 5.23. The fourth-order valence-corrected chi connectivity index (χ4v) is 2.36. The number of aliphatic hydroxyl groups excluding tert-OH is 1. The largest absolute Gasteiger partial charge is 0.491 e. The highest BCUT2D eigenvalue weighted by Crippen LogP contribution is 2.40. The second-order valence-corrected chi connectivity index (χ2v) is 5.23. The number of alkyl halides is 3. The van der Waals surface area contributed by atoms with Crippen LogP contribution in [0.2, 0.25) is 0 Å². The van der Waals surface area contributed by atoms with Crippen LogP contribution in [-0.4, -0.2) is 23.3 Å². The normalized spacial score (nSPS) is 21.3. The summed E-state index contributed by atoms with van der Waals surface area (Å²) in [6.45, 7) is 3.65. The van der Waals surface area contributed by atoms with E-state index < -0.39 is 24.2 Å². The standard InChI is InChI=1S/C14H16F3NO3/c1-7(2)21-8-3-4-9-10(5-8)11(6-12(9)19)18-13(20)14(15,16)17/h3-5,7,11-12,19H,6H2,1-2H3,(H,18,20)/t11-,12+/m1/s1. The first-order valence-electron chi connectivity index (χ1n) is 6.54. The van der Waals surface area contributed by atoms with Crippen molar-refractivity contribution in [2.24, 2.45) is 0 Å². The summed E-state index contributed by atoms with van der Waals surface area (Å²) < 4.78 is 42.5. The molecular weight excluding hydrogens is 287 g/mol. The van der Waals surface area contributed by atoms with E-state index in [1.807, 2.05) is 19.2 Å². The van der Waals surface area contributed by atoms with Crippen LogP contribution < -0.4 is 10.1 Å². The summed E-state index contributed by atoms with van der Waals surface area (Å²) in [6, 6.07) is 3.94. The number of ether oxygens (including phenoxy) is 1. The van der Waals surface area contributed by atoms with Gasteiger partial charge in [-0.2, -0.15) is 13.2 Å². The molecule has 4 nitrogen and oxygen atoms in total. The van der Waals surface area contributed by atoms with Crippen LogP contribution in [0, 0.1) is 0 Å². The topological polar surface area (TPSA) is 58.6 Å². The van der Waals surface area contributed by atoms with Crippen LogP contribution in [0.25, 0.3) is 0 Å². The molecule has 2 atom stereocenters. The average Bonchev–Trinajstić information content (AvgIpc) is 2.64. The lowest BCUT2D eigenvalue weighted by Crippen LogP contribution is -2.38. The van der Waals surface area contributed by atoms with E-state index in [9.17, 15) is 23.1 Å². The van der Waals surface area contributed by atoms with Crippen molar-refractivity contribution in [3.63, 3.8) is 0 Å². The third kappa shape index (κ3) is 3.47. The van der Waals surface area contributed by atoms with Crippen molar-refractivity contribution in [2.45, 2.75) is 44.7 Å². The molecule has 2 N–H and O–H groups in total. The summed E-state index contributed by atoms with van der Waals surface area (Å²) in [6.07, 6.45) is -5.91. The van der Waals surface area contributed by atoms with Gasteiger partial charge in [-0.25, -0.2) is 0 Å². The van der Waals surface area contributed by atoms with Crippen LogP contribution in [0.5, 0.6) is 5.75 Å². The smallest absolute Gasteiger partial charge is 0.471 e. The Bertz CT molecular complexity index is 543. The Kier molecular flexibility index (Phi) is 4.13. The molecule has 0 heterocycles. The predicted molar refractivity (Wildman–Crippen MR) is 68.7 cm³/mol. The molecule has 0 saturated carbocycles. The molecule has 1 aromatic carbocycles. The quantitative estimate of drug-likeness (QED) is 0.902. The number of nitrogens with one attached hydrogen (secondary N) is 1. The van der Waals surface area contributed by atoms with Gasteiger partial charge in [0.1, 0.15) is 5.75 Å². The Balaban J connectivity index is 2.24. The molecule has 0 spiro atoms. The number of hydrogen-bond donors (Lipinski definition) is 2. The highest BCUT2D eigenvalue weighted by Gasteiger charge is 2.42. The number of aliphatic hydroxyl groups is 1. The molecular formula is C14H16F3NO3. The van der Waals surface area contributed by atoms with E-state index in [1.54, 1.807) is 18.2 Å². The van der Waals surface area contributed by atoms with E-state index in [2.05, 4.69) is 0 Å². The zero-order chi connectivity index (χ0) is 15.8. The lowest BCUT2D eigenvalue weighted by Gasteiger charge is -2.16. The van der Waals surface area contributed by atoms with Gasteiger partial charge in [-0.3, -0.25) is 4.79 Å². The Labute approximate surface area is 119 Å². The van der Waals surface area contributed by atoms with Crippen molar-refractivity contribution in [3.8, 4) is 5.75 Å². The molecule has 0 aliphatic heterocycles. The number of rotatable bonds is 3. The van der Waals surface area contributed by atoms with Crippen LogP contribution in [0.3, 0.4) is 0 Å². The Morgan fingerprint density at radius 3 is 2.62 bits per heavy atom. The Hall–Kier alpha value is -1.76. The van der Waals surface area contributed by atoms with Gasteiger partial charge in [-0.05, 0) is 37.1 Å². The number of carbonyl (C=O) groups excluding carboxylic acids is 1. The molecule has 116 valence electrons. The first kappa shape index (κ1) is 15.6. The maximum absolute atomic E-state index is 12.3. The average molecular weight is 303 g/mol. The van der Waals surface area contributed by atoms with Gasteiger partial charge in [0, 0.05) is 6.42 Å². The molecule has 21 heavy (non-hydrogen) atoms. The number of halogens is 3. The van der Waals surface area contributed by atoms with E-state index in [1.165, 1.54) is 0 Å². The summed E-state index contributed by atoms with van der Waals surface area (Å²) in [5.41, 5.74) is 0.969. The Morgan fingerprint density at radius 2 is 2.05 bits per heavy atom. The fraction of sp³-hybridized carbons (Fsp3) is 0.500. The third-order valence-electron chi connectivity index (χ3n) is 3.19. The zero-order valence-corrected chi connectivity index (χ0v) is 11.6. The molecule has 0 unspecified atom stereocenters. The fourth-order valence-electron chi connectivity index (χ4n) is 2.36. The molecule has 1 aromatic rings. The van der Waals surface area contributed by atoms with Crippen molar-refractivity contribution < 1.29 is 27.8 Å². The molecule has 0 bridgehead atoms. The van der Waals surface area contributed by atoms with E-state index in [0.717, 1.165) is 0 Å². The number of amides is 1. The minimum atomic E-state index is -4.94. The van der Waals surface area contributed by atoms with Crippen LogP contribution in [-0.2, 0) is 4.79 Å². The summed E-state index contributed by atoms with van der Waals surface area (Å²) in [4.78, 5) is 11.1. The molecule has 0 aromatic heterocycles. The van der Waals surface area contributed by atoms with Gasteiger partial charge in [0.2, 0.25) is 0 Å². The number of fused-ring (bicyclic) bond motifs is 1. The molecule has 0 saturated heterocycles. The van der Waals surface area contributed by atoms with Gasteiger partial charge in [-0.15, -0.1) is 0 Å². The summed E-state index contributed by atoms with van der Waals surface area (Å²) in [7, 11) is 0. The van der Waals surface area contributed by atoms with Crippen molar-refractivity contribution in [3.05, 3.63) is 29.3 Å². The maximum atomic E-state index is 12.3. The molecule has 0 radical (unpaired) electrons. The SMILES string of the molecule is CC(C)Oc1ccc2c(c1)[C@H](NC(=O)C(F)(F)F)C[C@@H]2O. The minimum absolute atomic E-state index is 0.0162. The molecule has 0 fully saturated rings. The van der Waals surface area contributed by atoms with Crippen LogP contribution in [0.15, 0.2) is 18.2 Å². The molecule has 1 aliphatic carbocycles. The van der Waals surface area contributed by atoms with Gasteiger partial charge in [0.25, 0.3) is 0 Å². The highest BCUT2D eigenvalue weighted by molar-refractivity contribution is 5.82. The first-order chi connectivity index (χ1) is 9.68. The minimum Gasteiger partial charge on any atom is -0.491 e. The summed E-state index contributed by atoms with van der Waals surface area (Å²) >= 11 is 0. The number of hydrogen-bond acceptors (Lipinski definition) is 3. The van der Waals surface area contributed by atoms with Crippen molar-refractivity contribution in [1.29, 1.82) is 0 Å². The van der Waals surface area contributed by atoms with E-state index in [0.29, 0.717) is 16.9 Å².